The number of carbonyl (C=O) groups excluding carboxylic acids is 1. The molecule has 0 amide bonds. The van der Waals surface area contributed by atoms with Gasteiger partial charge in [0.1, 0.15) is 0 Å². The molecular formula is C23H21NO4S. The second-order valence-electron chi connectivity index (χ2n) is 7.09. The normalized spacial score (nSPS) is 13.2. The van der Waals surface area contributed by atoms with Crippen molar-refractivity contribution >= 4 is 16.0 Å². The van der Waals surface area contributed by atoms with Gasteiger partial charge in [-0.25, -0.2) is 13.2 Å². The Morgan fingerprint density at radius 1 is 0.931 bits per heavy atom. The molecule has 29 heavy (non-hydrogen) atoms. The summed E-state index contributed by atoms with van der Waals surface area (Å²) < 4.78 is 33.4. The van der Waals surface area contributed by atoms with Crippen LogP contribution in [0.5, 0.6) is 0 Å². The lowest BCUT2D eigenvalue weighted by Crippen LogP contribution is -2.32. The summed E-state index contributed by atoms with van der Waals surface area (Å²) in [4.78, 5) is 12.2. The van der Waals surface area contributed by atoms with Crippen molar-refractivity contribution in [1.82, 2.24) is 4.31 Å². The van der Waals surface area contributed by atoms with Crippen LogP contribution in [0.2, 0.25) is 0 Å². The molecule has 0 fully saturated rings. The first-order valence-corrected chi connectivity index (χ1v) is 10.7. The molecule has 0 heterocycles. The summed E-state index contributed by atoms with van der Waals surface area (Å²) in [6, 6.07) is 19.8. The smallest absolute Gasteiger partial charge is 0.339 e. The average molecular weight is 407 g/mol. The van der Waals surface area contributed by atoms with Gasteiger partial charge in [-0.2, -0.15) is 4.31 Å². The van der Waals surface area contributed by atoms with Gasteiger partial charge in [0.15, 0.2) is 0 Å². The molecule has 0 atom stereocenters. The molecule has 3 aromatic carbocycles. The Morgan fingerprint density at radius 2 is 1.48 bits per heavy atom. The molecule has 0 spiro atoms. The van der Waals surface area contributed by atoms with Crippen molar-refractivity contribution in [2.24, 2.45) is 0 Å². The lowest BCUT2D eigenvalue weighted by molar-refractivity contribution is 0.0596. The lowest BCUT2D eigenvalue weighted by Gasteiger charge is -2.26. The van der Waals surface area contributed by atoms with E-state index in [2.05, 4.69) is 0 Å². The number of hydrogen-bond acceptors (Lipinski definition) is 4. The van der Waals surface area contributed by atoms with Gasteiger partial charge in [-0.1, -0.05) is 60.2 Å². The van der Waals surface area contributed by atoms with Gasteiger partial charge in [-0.3, -0.25) is 0 Å². The van der Waals surface area contributed by atoms with Crippen LogP contribution in [0.4, 0.5) is 0 Å². The third kappa shape index (κ3) is 3.05. The number of ether oxygens (including phenoxy) is 1. The predicted octanol–water partition coefficient (Wildman–Crippen LogP) is 4.17. The van der Waals surface area contributed by atoms with Crippen molar-refractivity contribution in [2.45, 2.75) is 17.9 Å². The van der Waals surface area contributed by atoms with Crippen molar-refractivity contribution in [3.05, 3.63) is 89.0 Å². The molecule has 3 aromatic rings. The third-order valence-corrected chi connectivity index (χ3v) is 7.24. The fourth-order valence-electron chi connectivity index (χ4n) is 3.95. The van der Waals surface area contributed by atoms with Gasteiger partial charge in [0, 0.05) is 7.05 Å². The number of esters is 1. The van der Waals surface area contributed by atoms with Crippen LogP contribution in [0, 0.1) is 6.92 Å². The van der Waals surface area contributed by atoms with E-state index in [1.54, 1.807) is 26.1 Å². The van der Waals surface area contributed by atoms with Gasteiger partial charge in [-0.15, -0.1) is 0 Å². The number of rotatable bonds is 4. The topological polar surface area (TPSA) is 63.7 Å². The maximum absolute atomic E-state index is 13.6. The van der Waals surface area contributed by atoms with E-state index in [0.29, 0.717) is 0 Å². The van der Waals surface area contributed by atoms with E-state index >= 15 is 0 Å². The Labute approximate surface area is 170 Å². The lowest BCUT2D eigenvalue weighted by atomic mass is 10.1. The standard InChI is InChI=1S/C23H21NO4S/c1-15-12-13-21(20(14-15)23(25)28-3)29(26,27)24(2)22-18-10-6-4-8-16(18)17-9-5-7-11-19(17)22/h4-14,22H,1-3H3. The highest BCUT2D eigenvalue weighted by molar-refractivity contribution is 7.89. The minimum atomic E-state index is -3.98. The molecule has 0 saturated carbocycles. The molecule has 5 nitrogen and oxygen atoms in total. The summed E-state index contributed by atoms with van der Waals surface area (Å²) >= 11 is 0. The van der Waals surface area contributed by atoms with E-state index in [9.17, 15) is 13.2 Å². The van der Waals surface area contributed by atoms with Crippen LogP contribution < -0.4 is 0 Å². The van der Waals surface area contributed by atoms with Gasteiger partial charge in [0.05, 0.1) is 23.6 Å². The zero-order valence-corrected chi connectivity index (χ0v) is 17.2. The zero-order valence-electron chi connectivity index (χ0n) is 16.4. The van der Waals surface area contributed by atoms with Crippen molar-refractivity contribution < 1.29 is 17.9 Å². The first-order chi connectivity index (χ1) is 13.9. The Bertz CT molecular complexity index is 1170. The van der Waals surface area contributed by atoms with Crippen LogP contribution in [0.1, 0.15) is 33.1 Å². The molecule has 1 aliphatic carbocycles. The Hall–Kier alpha value is -2.96. The van der Waals surface area contributed by atoms with E-state index in [1.807, 2.05) is 48.5 Å². The third-order valence-electron chi connectivity index (χ3n) is 5.36. The van der Waals surface area contributed by atoms with Gasteiger partial charge < -0.3 is 4.74 Å². The maximum atomic E-state index is 13.6. The molecule has 4 rings (SSSR count). The number of nitrogens with zero attached hydrogens (tertiary/aromatic N) is 1. The number of aryl methyl sites for hydroxylation is 1. The molecule has 6 heteroatoms. The molecule has 0 aromatic heterocycles. The van der Waals surface area contributed by atoms with Crippen molar-refractivity contribution in [2.75, 3.05) is 14.2 Å². The zero-order chi connectivity index (χ0) is 20.8. The SMILES string of the molecule is COC(=O)c1cc(C)ccc1S(=O)(=O)N(C)C1c2ccccc2-c2ccccc21. The average Bonchev–Trinajstić information content (AvgIpc) is 3.06. The number of benzene rings is 3. The fraction of sp³-hybridized carbons (Fsp3) is 0.174. The van der Waals surface area contributed by atoms with E-state index in [-0.39, 0.29) is 10.5 Å². The first-order valence-electron chi connectivity index (χ1n) is 9.21. The predicted molar refractivity (Wildman–Crippen MR) is 111 cm³/mol. The second kappa shape index (κ2) is 7.13. The van der Waals surface area contributed by atoms with Crippen molar-refractivity contribution in [3.8, 4) is 11.1 Å². The van der Waals surface area contributed by atoms with Crippen molar-refractivity contribution in [1.29, 1.82) is 0 Å². The molecule has 0 radical (unpaired) electrons. The monoisotopic (exact) mass is 407 g/mol. The van der Waals surface area contributed by atoms with E-state index in [4.69, 9.17) is 4.74 Å². The first kappa shape index (κ1) is 19.4. The summed E-state index contributed by atoms with van der Waals surface area (Å²) in [5.41, 5.74) is 4.71. The van der Waals surface area contributed by atoms with E-state index in [1.165, 1.54) is 17.5 Å². The number of hydrogen-bond donors (Lipinski definition) is 0. The van der Waals surface area contributed by atoms with Crippen LogP contribution in [-0.4, -0.2) is 32.8 Å². The van der Waals surface area contributed by atoms with Gasteiger partial charge >= 0.3 is 5.97 Å². The summed E-state index contributed by atoms with van der Waals surface area (Å²) in [6.45, 7) is 1.80. The van der Waals surface area contributed by atoms with Gasteiger partial charge in [0.25, 0.3) is 0 Å². The van der Waals surface area contributed by atoms with E-state index in [0.717, 1.165) is 27.8 Å². The molecule has 0 bridgehead atoms. The molecule has 0 saturated heterocycles. The summed E-state index contributed by atoms with van der Waals surface area (Å²) in [6.07, 6.45) is 0. The van der Waals surface area contributed by atoms with E-state index < -0.39 is 22.0 Å². The van der Waals surface area contributed by atoms with Gasteiger partial charge in [-0.05, 0) is 41.3 Å². The largest absolute Gasteiger partial charge is 0.465 e. The number of methoxy groups -OCH3 is 1. The van der Waals surface area contributed by atoms with Gasteiger partial charge in [0.2, 0.25) is 10.0 Å². The minimum absolute atomic E-state index is 0.0407. The molecule has 0 unspecified atom stereocenters. The Kier molecular flexibility index (Phi) is 4.76. The fourth-order valence-corrected chi connectivity index (χ4v) is 5.43. The van der Waals surface area contributed by atoms with Crippen LogP contribution >= 0.6 is 0 Å². The highest BCUT2D eigenvalue weighted by Gasteiger charge is 2.38. The Balaban J connectivity index is 1.88. The molecule has 1 aliphatic rings. The second-order valence-corrected chi connectivity index (χ2v) is 9.06. The number of sulfonamides is 1. The summed E-state index contributed by atoms with van der Waals surface area (Å²) in [5, 5.41) is 0. The van der Waals surface area contributed by atoms with Crippen LogP contribution in [-0.2, 0) is 14.8 Å². The highest BCUT2D eigenvalue weighted by atomic mass is 32.2. The molecule has 0 N–H and O–H groups in total. The van der Waals surface area contributed by atoms with Crippen LogP contribution in [0.3, 0.4) is 0 Å². The highest BCUT2D eigenvalue weighted by Crippen LogP contribution is 2.47. The number of fused-ring (bicyclic) bond motifs is 3. The molecule has 148 valence electrons. The maximum Gasteiger partial charge on any atom is 0.339 e. The Morgan fingerprint density at radius 3 is 2.03 bits per heavy atom. The number of carbonyl (C=O) groups is 1. The molecular weight excluding hydrogens is 386 g/mol. The van der Waals surface area contributed by atoms with Crippen molar-refractivity contribution in [3.63, 3.8) is 0 Å². The minimum Gasteiger partial charge on any atom is -0.465 e. The van der Waals surface area contributed by atoms with Crippen LogP contribution in [0.15, 0.2) is 71.6 Å². The quantitative estimate of drug-likeness (QED) is 0.609. The molecule has 0 aliphatic heterocycles. The van der Waals surface area contributed by atoms with Crippen LogP contribution in [0.25, 0.3) is 11.1 Å². The summed E-state index contributed by atoms with van der Waals surface area (Å²) in [5.74, 6) is -0.673. The summed E-state index contributed by atoms with van der Waals surface area (Å²) in [7, 11) is -1.18.